The van der Waals surface area contributed by atoms with Gasteiger partial charge >= 0.3 is 5.97 Å². The Morgan fingerprint density at radius 1 is 1.20 bits per heavy atom. The Morgan fingerprint density at radius 3 is 2.66 bits per heavy atom. The molecule has 1 aliphatic rings. The molecule has 1 amide bonds. The van der Waals surface area contributed by atoms with E-state index in [-0.39, 0.29) is 30.5 Å². The van der Waals surface area contributed by atoms with E-state index in [9.17, 15) is 14.7 Å². The van der Waals surface area contributed by atoms with Crippen molar-refractivity contribution in [3.63, 3.8) is 0 Å². The van der Waals surface area contributed by atoms with E-state index in [1.807, 2.05) is 19.2 Å². The maximum Gasteiger partial charge on any atom is 0.326 e. The van der Waals surface area contributed by atoms with Gasteiger partial charge in [0.15, 0.2) is 11.6 Å². The number of likely N-dealkylation sites (N-methyl/N-ethyl adjacent to an activating group) is 2. The zero-order valence-corrected chi connectivity index (χ0v) is 24.4. The van der Waals surface area contributed by atoms with E-state index in [4.69, 9.17) is 23.2 Å². The summed E-state index contributed by atoms with van der Waals surface area (Å²) in [5.74, 6) is -2.25. The fourth-order valence-electron chi connectivity index (χ4n) is 4.87. The number of hydrogen-bond acceptors (Lipinski definition) is 7. The Balaban J connectivity index is 1.42. The van der Waals surface area contributed by atoms with Gasteiger partial charge in [-0.25, -0.2) is 14.8 Å². The molecule has 0 radical (unpaired) electrons. The summed E-state index contributed by atoms with van der Waals surface area (Å²) in [4.78, 5) is 37.0. The molecule has 41 heavy (non-hydrogen) atoms. The molecule has 1 aromatic heterocycles. The minimum absolute atomic E-state index is 0.101. The standard InChI is InChI=1S/C29H33Cl2FN6O3/c1-33-11-13-37(2)26-25(32)27(35-17-34-26)38-12-3-4-20(16-38)28(39)36-24(29(40)41)14-18-5-7-19(8-6-18)22-15-21(30)9-10-23(22)31/h5-10,15,17,20,24,33H,3-4,11-14,16H2,1-2H3,(H,36,39)(H,40,41)/t20?,24-/m0/s1. The van der Waals surface area contributed by atoms with Crippen molar-refractivity contribution in [3.05, 3.63) is 70.2 Å². The summed E-state index contributed by atoms with van der Waals surface area (Å²) in [5, 5.41) is 16.7. The molecule has 2 atom stereocenters. The van der Waals surface area contributed by atoms with Crippen molar-refractivity contribution in [2.75, 3.05) is 50.1 Å². The maximum atomic E-state index is 15.4. The lowest BCUT2D eigenvalue weighted by atomic mass is 9.95. The molecule has 0 aliphatic carbocycles. The number of aromatic nitrogens is 2. The molecule has 1 saturated heterocycles. The van der Waals surface area contributed by atoms with Crippen molar-refractivity contribution in [1.82, 2.24) is 20.6 Å². The Bertz CT molecular complexity index is 1380. The van der Waals surface area contributed by atoms with E-state index in [0.717, 1.165) is 16.7 Å². The van der Waals surface area contributed by atoms with Gasteiger partial charge < -0.3 is 25.5 Å². The highest BCUT2D eigenvalue weighted by Crippen LogP contribution is 2.31. The number of carbonyl (C=O) groups is 2. The van der Waals surface area contributed by atoms with Crippen LogP contribution in [0, 0.1) is 11.7 Å². The van der Waals surface area contributed by atoms with Crippen molar-refractivity contribution < 1.29 is 19.1 Å². The van der Waals surface area contributed by atoms with Crippen LogP contribution in [0.3, 0.4) is 0 Å². The van der Waals surface area contributed by atoms with Gasteiger partial charge in [-0.2, -0.15) is 4.39 Å². The molecule has 4 rings (SSSR count). The summed E-state index contributed by atoms with van der Waals surface area (Å²) in [6.45, 7) is 1.97. The number of carboxylic acids is 1. The smallest absolute Gasteiger partial charge is 0.326 e. The van der Waals surface area contributed by atoms with Crippen LogP contribution in [-0.2, 0) is 16.0 Å². The number of amides is 1. The van der Waals surface area contributed by atoms with Gasteiger partial charge in [0.05, 0.1) is 5.92 Å². The quantitative estimate of drug-likeness (QED) is 0.298. The number of nitrogens with zero attached hydrogens (tertiary/aromatic N) is 4. The van der Waals surface area contributed by atoms with Gasteiger partial charge in [0.25, 0.3) is 0 Å². The zero-order valence-electron chi connectivity index (χ0n) is 22.9. The zero-order chi connectivity index (χ0) is 29.5. The Morgan fingerprint density at radius 2 is 1.95 bits per heavy atom. The van der Waals surface area contributed by atoms with Crippen LogP contribution in [0.5, 0.6) is 0 Å². The molecule has 218 valence electrons. The van der Waals surface area contributed by atoms with Crippen LogP contribution < -0.4 is 20.4 Å². The number of rotatable bonds is 11. The summed E-state index contributed by atoms with van der Waals surface area (Å²) in [5.41, 5.74) is 2.35. The van der Waals surface area contributed by atoms with Gasteiger partial charge in [-0.3, -0.25) is 4.79 Å². The minimum Gasteiger partial charge on any atom is -0.480 e. The molecule has 0 saturated carbocycles. The minimum atomic E-state index is -1.14. The normalized spacial score (nSPS) is 15.8. The molecule has 2 aromatic carbocycles. The number of aliphatic carboxylic acids is 1. The lowest BCUT2D eigenvalue weighted by Crippen LogP contribution is -2.49. The van der Waals surface area contributed by atoms with Crippen LogP contribution in [0.15, 0.2) is 48.8 Å². The predicted molar refractivity (Wildman–Crippen MR) is 159 cm³/mol. The summed E-state index contributed by atoms with van der Waals surface area (Å²) in [6.07, 6.45) is 2.62. The number of anilines is 2. The molecule has 3 N–H and O–H groups in total. The first-order valence-corrected chi connectivity index (χ1v) is 14.1. The highest BCUT2D eigenvalue weighted by molar-refractivity contribution is 6.35. The summed E-state index contributed by atoms with van der Waals surface area (Å²) < 4.78 is 15.4. The van der Waals surface area contributed by atoms with Gasteiger partial charge in [0, 0.05) is 55.3 Å². The van der Waals surface area contributed by atoms with Crippen molar-refractivity contribution >= 4 is 46.7 Å². The highest BCUT2D eigenvalue weighted by atomic mass is 35.5. The fraction of sp³-hybridized carbons (Fsp3) is 0.379. The van der Waals surface area contributed by atoms with Crippen LogP contribution in [0.4, 0.5) is 16.0 Å². The molecule has 1 aliphatic heterocycles. The molecule has 9 nitrogen and oxygen atoms in total. The summed E-state index contributed by atoms with van der Waals surface area (Å²) >= 11 is 12.4. The first kappa shape index (κ1) is 30.5. The van der Waals surface area contributed by atoms with Crippen LogP contribution >= 0.6 is 23.2 Å². The van der Waals surface area contributed by atoms with Crippen molar-refractivity contribution in [2.45, 2.75) is 25.3 Å². The molecule has 0 bridgehead atoms. The second-order valence-electron chi connectivity index (χ2n) is 10.1. The van der Waals surface area contributed by atoms with Gasteiger partial charge in [-0.1, -0.05) is 47.5 Å². The Labute approximate surface area is 248 Å². The van der Waals surface area contributed by atoms with Gasteiger partial charge in [-0.05, 0) is 49.2 Å². The number of hydrogen-bond donors (Lipinski definition) is 3. The average molecular weight is 604 g/mol. The first-order valence-electron chi connectivity index (χ1n) is 13.4. The predicted octanol–water partition coefficient (Wildman–Crippen LogP) is 4.27. The van der Waals surface area contributed by atoms with E-state index < -0.39 is 23.7 Å². The molecule has 3 aromatic rings. The van der Waals surface area contributed by atoms with E-state index in [0.29, 0.717) is 42.5 Å². The summed E-state index contributed by atoms with van der Waals surface area (Å²) in [6, 6.07) is 11.4. The lowest BCUT2D eigenvalue weighted by Gasteiger charge is -2.34. The van der Waals surface area contributed by atoms with E-state index >= 15 is 4.39 Å². The average Bonchev–Trinajstić information content (AvgIpc) is 2.97. The number of benzene rings is 2. The van der Waals surface area contributed by atoms with Gasteiger partial charge in [0.1, 0.15) is 12.4 Å². The van der Waals surface area contributed by atoms with Crippen LogP contribution in [0.1, 0.15) is 18.4 Å². The van der Waals surface area contributed by atoms with Gasteiger partial charge in [-0.15, -0.1) is 0 Å². The maximum absolute atomic E-state index is 15.4. The molecule has 1 unspecified atom stereocenters. The first-order chi connectivity index (χ1) is 19.7. The largest absolute Gasteiger partial charge is 0.480 e. The molecule has 12 heteroatoms. The molecule has 2 heterocycles. The Hall–Kier alpha value is -3.47. The Kier molecular flexibility index (Phi) is 10.4. The molecular formula is C29H33Cl2FN6O3. The third-order valence-electron chi connectivity index (χ3n) is 7.15. The topological polar surface area (TPSA) is 111 Å². The number of carboxylic acid groups (broad SMARTS) is 1. The molecule has 1 fully saturated rings. The van der Waals surface area contributed by atoms with Crippen LogP contribution in [0.2, 0.25) is 10.0 Å². The van der Waals surface area contributed by atoms with Crippen LogP contribution in [-0.4, -0.2) is 73.3 Å². The molecule has 0 spiro atoms. The number of piperidine rings is 1. The third kappa shape index (κ3) is 7.63. The van der Waals surface area contributed by atoms with Crippen molar-refractivity contribution in [1.29, 1.82) is 0 Å². The van der Waals surface area contributed by atoms with Crippen LogP contribution in [0.25, 0.3) is 11.1 Å². The van der Waals surface area contributed by atoms with Gasteiger partial charge in [0.2, 0.25) is 11.7 Å². The number of halogens is 3. The SMILES string of the molecule is CNCCN(C)c1ncnc(N2CCCC(C(=O)N[C@@H](Cc3ccc(-c4cc(Cl)ccc4Cl)cc3)C(=O)O)C2)c1F. The van der Waals surface area contributed by atoms with Crippen molar-refractivity contribution in [2.24, 2.45) is 5.92 Å². The second kappa shape index (κ2) is 13.9. The van der Waals surface area contributed by atoms with E-state index in [1.165, 1.54) is 6.33 Å². The van der Waals surface area contributed by atoms with E-state index in [2.05, 4.69) is 20.6 Å². The number of carbonyl (C=O) groups excluding carboxylic acids is 1. The second-order valence-corrected chi connectivity index (χ2v) is 10.9. The van der Waals surface area contributed by atoms with Crippen molar-refractivity contribution in [3.8, 4) is 11.1 Å². The molecular weight excluding hydrogens is 570 g/mol. The number of nitrogens with one attached hydrogen (secondary N) is 2. The summed E-state index contributed by atoms with van der Waals surface area (Å²) in [7, 11) is 3.57. The monoisotopic (exact) mass is 602 g/mol. The van der Waals surface area contributed by atoms with E-state index in [1.54, 1.807) is 47.2 Å². The third-order valence-corrected chi connectivity index (χ3v) is 7.72. The fourth-order valence-corrected chi connectivity index (χ4v) is 5.27. The lowest BCUT2D eigenvalue weighted by molar-refractivity contribution is -0.142. The highest BCUT2D eigenvalue weighted by Gasteiger charge is 2.31.